The number of fused-ring (bicyclic) bond motifs is 5. The maximum atomic E-state index is 13.5. The Labute approximate surface area is 345 Å². The summed E-state index contributed by atoms with van der Waals surface area (Å²) >= 11 is 0. The Kier molecular flexibility index (Phi) is 16.7. The lowest BCUT2D eigenvalue weighted by Crippen LogP contribution is -2.59. The van der Waals surface area contributed by atoms with Gasteiger partial charge in [0.2, 0.25) is 5.91 Å². The van der Waals surface area contributed by atoms with Crippen LogP contribution in [0.25, 0.3) is 0 Å². The zero-order valence-corrected chi connectivity index (χ0v) is 34.7. The predicted octanol–water partition coefficient (Wildman–Crippen LogP) is 2.08. The first-order chi connectivity index (χ1) is 27.6. The van der Waals surface area contributed by atoms with Crippen LogP contribution in [0.3, 0.4) is 0 Å². The molecule has 4 rings (SSSR count). The van der Waals surface area contributed by atoms with Crippen molar-refractivity contribution in [3.63, 3.8) is 0 Å². The van der Waals surface area contributed by atoms with Crippen molar-refractivity contribution in [1.82, 2.24) is 20.0 Å². The molecule has 8 N–H and O–H groups in total. The van der Waals surface area contributed by atoms with E-state index in [0.29, 0.717) is 42.9 Å². The van der Waals surface area contributed by atoms with Crippen molar-refractivity contribution in [3.05, 3.63) is 0 Å². The molecule has 0 aromatic rings. The maximum Gasteiger partial charge on any atom is 0.320 e. The second-order valence-electron chi connectivity index (χ2n) is 18.4. The van der Waals surface area contributed by atoms with E-state index in [1.54, 1.807) is 0 Å². The molecule has 0 radical (unpaired) electrons. The van der Waals surface area contributed by atoms with Crippen LogP contribution in [0.4, 0.5) is 0 Å². The molecule has 4 unspecified atom stereocenters. The molecule has 11 atom stereocenters. The third kappa shape index (κ3) is 12.4. The van der Waals surface area contributed by atoms with Crippen LogP contribution < -0.4 is 5.32 Å². The molecule has 334 valence electrons. The highest BCUT2D eigenvalue weighted by molar-refractivity contribution is 5.79. The van der Waals surface area contributed by atoms with Crippen LogP contribution in [0.2, 0.25) is 0 Å². The molecule has 0 saturated heterocycles. The smallest absolute Gasteiger partial charge is 0.320 e. The van der Waals surface area contributed by atoms with Gasteiger partial charge in [-0.3, -0.25) is 48.3 Å². The Morgan fingerprint density at radius 3 is 1.68 bits per heavy atom. The first kappa shape index (κ1) is 47.8. The van der Waals surface area contributed by atoms with Crippen LogP contribution in [0, 0.1) is 46.3 Å². The van der Waals surface area contributed by atoms with E-state index in [1.165, 1.54) is 4.90 Å². The van der Waals surface area contributed by atoms with Crippen molar-refractivity contribution in [2.45, 2.75) is 116 Å². The highest BCUT2D eigenvalue weighted by Gasteiger charge is 2.63. The molecular weight excluding hydrogens is 772 g/mol. The summed E-state index contributed by atoms with van der Waals surface area (Å²) in [4.78, 5) is 86.6. The maximum absolute atomic E-state index is 13.5. The van der Waals surface area contributed by atoms with Gasteiger partial charge in [0.15, 0.2) is 0 Å². The van der Waals surface area contributed by atoms with Gasteiger partial charge in [-0.25, -0.2) is 0 Å². The van der Waals surface area contributed by atoms with Crippen LogP contribution in [0.15, 0.2) is 0 Å². The minimum absolute atomic E-state index is 0.0152. The Hall–Kier alpha value is -3.87. The van der Waals surface area contributed by atoms with Gasteiger partial charge in [0.05, 0.1) is 32.3 Å². The van der Waals surface area contributed by atoms with Gasteiger partial charge < -0.3 is 41.1 Å². The first-order valence-corrected chi connectivity index (χ1v) is 21.1. The molecule has 0 aromatic heterocycles. The SMILES string of the molecule is CC(CCC(=O)O)[C@H]1CCC2C3C(CC[C@@]21C)[C@@]1(C)CC[C@H](NC(=O)CC[C@@H](C(=O)O)N(CCN(CC(=O)O)CC(=O)O)CCN(CC(=O)O)CC(=O)O)C[C@H]1C[C@H]3O. The van der Waals surface area contributed by atoms with Crippen LogP contribution in [0.5, 0.6) is 0 Å². The van der Waals surface area contributed by atoms with E-state index in [0.717, 1.165) is 48.3 Å². The van der Waals surface area contributed by atoms with Gasteiger partial charge in [0, 0.05) is 45.1 Å². The van der Waals surface area contributed by atoms with Crippen molar-refractivity contribution in [3.8, 4) is 0 Å². The number of nitrogens with zero attached hydrogens (tertiary/aromatic N) is 3. The third-order valence-electron chi connectivity index (χ3n) is 14.8. The van der Waals surface area contributed by atoms with E-state index in [1.807, 2.05) is 0 Å². The van der Waals surface area contributed by atoms with E-state index in [2.05, 4.69) is 26.1 Å². The zero-order valence-electron chi connectivity index (χ0n) is 34.7. The predicted molar refractivity (Wildman–Crippen MR) is 210 cm³/mol. The number of aliphatic carboxylic acids is 6. The zero-order chi connectivity index (χ0) is 43.8. The number of carboxylic acids is 6. The molecule has 4 saturated carbocycles. The van der Waals surface area contributed by atoms with Gasteiger partial charge in [0.1, 0.15) is 6.04 Å². The van der Waals surface area contributed by atoms with Crippen LogP contribution in [-0.4, -0.2) is 163 Å². The number of aliphatic hydroxyl groups is 1. The van der Waals surface area contributed by atoms with Crippen LogP contribution in [0.1, 0.15) is 97.8 Å². The van der Waals surface area contributed by atoms with Gasteiger partial charge in [0.25, 0.3) is 0 Å². The van der Waals surface area contributed by atoms with Gasteiger partial charge in [-0.2, -0.15) is 0 Å². The Morgan fingerprint density at radius 1 is 0.644 bits per heavy atom. The normalized spacial score (nSPS) is 31.1. The monoisotopic (exact) mass is 838 g/mol. The number of carbonyl (C=O) groups excluding carboxylic acids is 1. The molecule has 1 amide bonds. The molecule has 4 aliphatic rings. The van der Waals surface area contributed by atoms with E-state index >= 15 is 0 Å². The second kappa shape index (κ2) is 20.6. The molecular formula is C41H66N4O14. The summed E-state index contributed by atoms with van der Waals surface area (Å²) in [5, 5.41) is 71.7. The fraction of sp³-hybridized carbons (Fsp3) is 0.829. The number of hydrogen-bond donors (Lipinski definition) is 8. The second-order valence-corrected chi connectivity index (χ2v) is 18.4. The number of carboxylic acid groups (broad SMARTS) is 6. The largest absolute Gasteiger partial charge is 0.481 e. The summed E-state index contributed by atoms with van der Waals surface area (Å²) in [7, 11) is 0. The number of hydrogen-bond acceptors (Lipinski definition) is 11. The summed E-state index contributed by atoms with van der Waals surface area (Å²) in [5.74, 6) is -5.84. The molecule has 59 heavy (non-hydrogen) atoms. The Bertz CT molecular complexity index is 1470. The molecule has 18 heteroatoms. The average Bonchev–Trinajstić information content (AvgIpc) is 3.47. The Morgan fingerprint density at radius 2 is 1.17 bits per heavy atom. The number of rotatable bonds is 24. The van der Waals surface area contributed by atoms with Crippen molar-refractivity contribution < 1.29 is 69.3 Å². The molecule has 4 fully saturated rings. The molecule has 0 aliphatic heterocycles. The lowest BCUT2D eigenvalue weighted by Gasteiger charge is -2.62. The highest BCUT2D eigenvalue weighted by Crippen LogP contribution is 2.68. The number of aliphatic hydroxyl groups excluding tert-OH is 1. The summed E-state index contributed by atoms with van der Waals surface area (Å²) in [6.45, 7) is 3.64. The van der Waals surface area contributed by atoms with Crippen LogP contribution in [-0.2, 0) is 33.6 Å². The molecule has 0 heterocycles. The number of amides is 1. The molecule has 4 aliphatic carbocycles. The molecule has 0 bridgehead atoms. The average molecular weight is 839 g/mol. The third-order valence-corrected chi connectivity index (χ3v) is 14.8. The Balaban J connectivity index is 1.40. The lowest BCUT2D eigenvalue weighted by atomic mass is 9.43. The van der Waals surface area contributed by atoms with Crippen molar-refractivity contribution in [2.75, 3.05) is 52.4 Å². The number of nitrogens with one attached hydrogen (secondary N) is 1. The van der Waals surface area contributed by atoms with E-state index in [-0.39, 0.29) is 80.1 Å². The highest BCUT2D eigenvalue weighted by atomic mass is 16.4. The van der Waals surface area contributed by atoms with Gasteiger partial charge in [-0.15, -0.1) is 0 Å². The number of carbonyl (C=O) groups is 7. The standard InChI is InChI=1S/C41H66N4O14/c1-24(4-9-33(48)49)27-5-6-28-38-29(11-13-41(27,28)3)40(2)12-10-26(18-25(40)19-31(38)46)42-32(47)8-7-30(39(58)59)45(16-14-43(20-34(50)51)21-35(52)53)17-15-44(22-36(54)55)23-37(56)57/h24-31,38,46H,4-23H2,1-3H3,(H,42,47)(H,48,49)(H,50,51)(H,52,53)(H,54,55)(H,56,57)(H,58,59)/t24?,25-,26-,27+,28?,29?,30-,31+,38?,40-,41+/m0/s1. The first-order valence-electron chi connectivity index (χ1n) is 21.1. The molecule has 0 spiro atoms. The van der Waals surface area contributed by atoms with E-state index in [9.17, 15) is 69.3 Å². The summed E-state index contributed by atoms with van der Waals surface area (Å²) < 4.78 is 0. The van der Waals surface area contributed by atoms with E-state index < -0.39 is 74.1 Å². The van der Waals surface area contributed by atoms with Crippen molar-refractivity contribution in [2.24, 2.45) is 46.3 Å². The quantitative estimate of drug-likeness (QED) is 0.0691. The fourth-order valence-corrected chi connectivity index (χ4v) is 12.1. The van der Waals surface area contributed by atoms with Crippen molar-refractivity contribution in [1.29, 1.82) is 0 Å². The van der Waals surface area contributed by atoms with E-state index in [4.69, 9.17) is 0 Å². The van der Waals surface area contributed by atoms with Gasteiger partial charge in [-0.05, 0) is 111 Å². The molecule has 0 aromatic carbocycles. The van der Waals surface area contributed by atoms with Crippen LogP contribution >= 0.6 is 0 Å². The molecule has 18 nitrogen and oxygen atoms in total. The lowest BCUT2D eigenvalue weighted by molar-refractivity contribution is -0.167. The summed E-state index contributed by atoms with van der Waals surface area (Å²) in [5.41, 5.74) is 0.0448. The fourth-order valence-electron chi connectivity index (χ4n) is 12.1. The minimum Gasteiger partial charge on any atom is -0.481 e. The van der Waals surface area contributed by atoms with Crippen molar-refractivity contribution >= 4 is 41.7 Å². The van der Waals surface area contributed by atoms with Gasteiger partial charge >= 0.3 is 35.8 Å². The summed E-state index contributed by atoms with van der Waals surface area (Å²) in [6, 6.07) is -1.49. The topological polar surface area (TPSA) is 283 Å². The summed E-state index contributed by atoms with van der Waals surface area (Å²) in [6.07, 6.45) is 7.04. The van der Waals surface area contributed by atoms with Gasteiger partial charge in [-0.1, -0.05) is 20.8 Å². The minimum atomic E-state index is -1.32.